The van der Waals surface area contributed by atoms with Gasteiger partial charge in [0.2, 0.25) is 5.88 Å². The second-order valence-corrected chi connectivity index (χ2v) is 7.30. The molecule has 2 heterocycles. The van der Waals surface area contributed by atoms with Crippen LogP contribution in [-0.4, -0.2) is 40.6 Å². The molecule has 1 fully saturated rings. The third kappa shape index (κ3) is 5.48. The van der Waals surface area contributed by atoms with Gasteiger partial charge in [0.1, 0.15) is 11.4 Å². The normalized spacial score (nSPS) is 17.1. The van der Waals surface area contributed by atoms with E-state index < -0.39 is 11.9 Å². The molecule has 1 aliphatic rings. The van der Waals surface area contributed by atoms with Crippen LogP contribution in [-0.2, 0) is 12.7 Å². The summed E-state index contributed by atoms with van der Waals surface area (Å²) in [6.07, 6.45) is -2.14. The van der Waals surface area contributed by atoms with E-state index in [0.29, 0.717) is 25.1 Å². The van der Waals surface area contributed by atoms with Crippen molar-refractivity contribution < 1.29 is 27.8 Å². The van der Waals surface area contributed by atoms with Gasteiger partial charge >= 0.3 is 6.18 Å². The highest BCUT2D eigenvalue weighted by Crippen LogP contribution is 2.31. The number of alkyl halides is 3. The monoisotopic (exact) mass is 423 g/mol. The van der Waals surface area contributed by atoms with Crippen LogP contribution in [0.25, 0.3) is 0 Å². The first-order chi connectivity index (χ1) is 14.3. The lowest BCUT2D eigenvalue weighted by atomic mass is 9.94. The predicted molar refractivity (Wildman–Crippen MR) is 104 cm³/mol. The van der Waals surface area contributed by atoms with Crippen molar-refractivity contribution in [3.05, 3.63) is 53.2 Å². The first kappa shape index (κ1) is 22.0. The molecule has 0 saturated carbocycles. The Morgan fingerprint density at radius 2 is 2.10 bits per heavy atom. The minimum atomic E-state index is -4.62. The first-order valence-electron chi connectivity index (χ1n) is 9.76. The average molecular weight is 423 g/mol. The van der Waals surface area contributed by atoms with Crippen LogP contribution in [0.4, 0.5) is 13.2 Å². The zero-order valence-corrected chi connectivity index (χ0v) is 16.4. The van der Waals surface area contributed by atoms with Gasteiger partial charge in [-0.05, 0) is 55.0 Å². The molecule has 1 saturated heterocycles. The quantitative estimate of drug-likeness (QED) is 0.741. The van der Waals surface area contributed by atoms with E-state index in [9.17, 15) is 18.0 Å². The number of likely N-dealkylation sites (tertiary alicyclic amines) is 1. The number of aliphatic hydroxyl groups excluding tert-OH is 1. The van der Waals surface area contributed by atoms with Crippen LogP contribution in [0.5, 0.6) is 11.6 Å². The van der Waals surface area contributed by atoms with Crippen molar-refractivity contribution in [1.82, 2.24) is 9.88 Å². The largest absolute Gasteiger partial charge is 0.439 e. The minimum Gasteiger partial charge on any atom is -0.439 e. The molecule has 1 aliphatic heterocycles. The Bertz CT molecular complexity index is 887. The summed E-state index contributed by atoms with van der Waals surface area (Å²) in [6, 6.07) is 8.50. The molecule has 0 bridgehead atoms. The molecule has 0 spiro atoms. The van der Waals surface area contributed by atoms with Crippen LogP contribution in [0.1, 0.15) is 40.9 Å². The maximum Gasteiger partial charge on any atom is 0.433 e. The van der Waals surface area contributed by atoms with Crippen molar-refractivity contribution in [3.63, 3.8) is 0 Å². The van der Waals surface area contributed by atoms with Crippen molar-refractivity contribution in [2.75, 3.05) is 19.7 Å². The summed E-state index contributed by atoms with van der Waals surface area (Å²) in [4.78, 5) is 18.1. The van der Waals surface area contributed by atoms with Gasteiger partial charge in [-0.2, -0.15) is 13.2 Å². The molecule has 30 heavy (non-hydrogen) atoms. The third-order valence-electron chi connectivity index (χ3n) is 5.03. The number of aliphatic hydroxyl groups is 1. The van der Waals surface area contributed by atoms with Gasteiger partial charge in [-0.1, -0.05) is 6.07 Å². The van der Waals surface area contributed by atoms with Gasteiger partial charge in [-0.3, -0.25) is 4.79 Å². The number of hydrogen-bond donors (Lipinski definition) is 2. The van der Waals surface area contributed by atoms with E-state index in [-0.39, 0.29) is 42.2 Å². The zero-order valence-electron chi connectivity index (χ0n) is 16.4. The Kier molecular flexibility index (Phi) is 6.94. The molecule has 0 unspecified atom stereocenters. The molecule has 1 aromatic carbocycles. The van der Waals surface area contributed by atoms with Gasteiger partial charge in [0.25, 0.3) is 5.91 Å². The highest BCUT2D eigenvalue weighted by molar-refractivity contribution is 5.94. The highest BCUT2D eigenvalue weighted by Gasteiger charge is 2.33. The van der Waals surface area contributed by atoms with Gasteiger partial charge in [0.05, 0.1) is 0 Å². The number of ether oxygens (including phenoxy) is 1. The molecule has 0 radical (unpaired) electrons. The van der Waals surface area contributed by atoms with Gasteiger partial charge in [-0.15, -0.1) is 0 Å². The average Bonchev–Trinajstić information content (AvgIpc) is 2.73. The van der Waals surface area contributed by atoms with Crippen LogP contribution in [0.3, 0.4) is 0 Å². The van der Waals surface area contributed by atoms with Gasteiger partial charge < -0.3 is 20.5 Å². The fourth-order valence-corrected chi connectivity index (χ4v) is 3.54. The summed E-state index contributed by atoms with van der Waals surface area (Å²) in [6.45, 7) is 1.19. The number of nitrogens with zero attached hydrogens (tertiary/aromatic N) is 2. The summed E-state index contributed by atoms with van der Waals surface area (Å²) in [5, 5.41) is 9.14. The van der Waals surface area contributed by atoms with E-state index in [1.54, 1.807) is 23.1 Å². The van der Waals surface area contributed by atoms with Crippen molar-refractivity contribution in [2.24, 2.45) is 11.7 Å². The van der Waals surface area contributed by atoms with Gasteiger partial charge in [0, 0.05) is 37.9 Å². The topological polar surface area (TPSA) is 88.7 Å². The summed E-state index contributed by atoms with van der Waals surface area (Å²) >= 11 is 0. The smallest absolute Gasteiger partial charge is 0.433 e. The Labute approximate surface area is 172 Å². The number of rotatable bonds is 6. The van der Waals surface area contributed by atoms with E-state index in [0.717, 1.165) is 18.9 Å². The third-order valence-corrected chi connectivity index (χ3v) is 5.03. The number of aromatic nitrogens is 1. The van der Waals surface area contributed by atoms with Crippen LogP contribution >= 0.6 is 0 Å². The summed E-state index contributed by atoms with van der Waals surface area (Å²) in [7, 11) is 0. The number of hydrogen-bond acceptors (Lipinski definition) is 5. The predicted octanol–water partition coefficient (Wildman–Crippen LogP) is 3.59. The maximum atomic E-state index is 13.1. The Morgan fingerprint density at radius 1 is 1.30 bits per heavy atom. The van der Waals surface area contributed by atoms with Crippen molar-refractivity contribution in [1.29, 1.82) is 0 Å². The Hall–Kier alpha value is -2.65. The molecule has 3 rings (SSSR count). The van der Waals surface area contributed by atoms with Crippen molar-refractivity contribution in [2.45, 2.75) is 32.0 Å². The van der Waals surface area contributed by atoms with Crippen molar-refractivity contribution >= 4 is 5.91 Å². The number of benzene rings is 1. The second-order valence-electron chi connectivity index (χ2n) is 7.30. The lowest BCUT2D eigenvalue weighted by Crippen LogP contribution is -2.40. The fraction of sp³-hybridized carbons (Fsp3) is 0.429. The molecule has 162 valence electrons. The number of pyridine rings is 1. The molecule has 6 nitrogen and oxygen atoms in total. The van der Waals surface area contributed by atoms with Crippen LogP contribution in [0.15, 0.2) is 36.4 Å². The molecule has 0 aliphatic carbocycles. The molecular formula is C21H24F3N3O3. The molecule has 1 atom stereocenters. The van der Waals surface area contributed by atoms with E-state index >= 15 is 0 Å². The Balaban J connectivity index is 1.78. The number of halogens is 3. The van der Waals surface area contributed by atoms with Crippen molar-refractivity contribution in [3.8, 4) is 11.6 Å². The molecule has 1 aromatic heterocycles. The summed E-state index contributed by atoms with van der Waals surface area (Å²) < 4.78 is 44.7. The number of nitrogens with two attached hydrogens (primary N) is 1. The first-order valence-corrected chi connectivity index (χ1v) is 9.76. The number of amides is 1. The SMILES string of the molecule is NCc1cc(Oc2cccc(C(=O)N3CCC[C@@H](CCO)C3)c2)nc(C(F)(F)F)c1. The second kappa shape index (κ2) is 9.44. The van der Waals surface area contributed by atoms with Crippen LogP contribution < -0.4 is 10.5 Å². The van der Waals surface area contributed by atoms with Gasteiger partial charge in [-0.25, -0.2) is 4.98 Å². The molecule has 3 N–H and O–H groups in total. The number of carbonyl (C=O) groups is 1. The number of carbonyl (C=O) groups excluding carboxylic acids is 1. The molecule has 2 aromatic rings. The fourth-order valence-electron chi connectivity index (χ4n) is 3.54. The summed E-state index contributed by atoms with van der Waals surface area (Å²) in [5.74, 6) is 0.0503. The standard InChI is InChI=1S/C21H24F3N3O3/c22-21(23,24)18-9-15(12-25)10-19(26-18)30-17-5-1-4-16(11-17)20(29)27-7-2-3-14(13-27)6-8-28/h1,4-5,9-11,14,28H,2-3,6-8,12-13,25H2/t14-/m0/s1. The molecule has 1 amide bonds. The highest BCUT2D eigenvalue weighted by atomic mass is 19.4. The number of piperidine rings is 1. The van der Waals surface area contributed by atoms with Crippen LogP contribution in [0.2, 0.25) is 0 Å². The van der Waals surface area contributed by atoms with E-state index in [1.807, 2.05) is 0 Å². The van der Waals surface area contributed by atoms with E-state index in [2.05, 4.69) is 4.98 Å². The molecular weight excluding hydrogens is 399 g/mol. The maximum absolute atomic E-state index is 13.1. The van der Waals surface area contributed by atoms with Crippen LogP contribution in [0, 0.1) is 5.92 Å². The van der Waals surface area contributed by atoms with E-state index in [4.69, 9.17) is 15.6 Å². The summed E-state index contributed by atoms with van der Waals surface area (Å²) in [5.41, 5.74) is 5.02. The minimum absolute atomic E-state index is 0.0881. The lowest BCUT2D eigenvalue weighted by molar-refractivity contribution is -0.141. The van der Waals surface area contributed by atoms with E-state index in [1.165, 1.54) is 12.1 Å². The molecule has 9 heteroatoms. The Morgan fingerprint density at radius 3 is 2.80 bits per heavy atom. The zero-order chi connectivity index (χ0) is 21.7. The van der Waals surface area contributed by atoms with Gasteiger partial charge in [0.15, 0.2) is 0 Å². The lowest BCUT2D eigenvalue weighted by Gasteiger charge is -2.32.